The number of hydrogen-bond donors (Lipinski definition) is 1. The summed E-state index contributed by atoms with van der Waals surface area (Å²) in [7, 11) is 0. The van der Waals surface area contributed by atoms with E-state index >= 15 is 0 Å². The van der Waals surface area contributed by atoms with Crippen LogP contribution in [-0.2, 0) is 4.74 Å². The van der Waals surface area contributed by atoms with Gasteiger partial charge in [-0.2, -0.15) is 11.8 Å². The van der Waals surface area contributed by atoms with E-state index < -0.39 is 0 Å². The third kappa shape index (κ3) is 3.95. The Bertz CT molecular complexity index is 453. The lowest BCUT2D eigenvalue weighted by atomic mass is 9.85. The van der Waals surface area contributed by atoms with Gasteiger partial charge in [-0.15, -0.1) is 0 Å². The first-order valence-electron chi connectivity index (χ1n) is 7.90. The Kier molecular flexibility index (Phi) is 5.15. The highest BCUT2D eigenvalue weighted by Crippen LogP contribution is 2.38. The zero-order valence-electron chi connectivity index (χ0n) is 12.6. The highest BCUT2D eigenvalue weighted by atomic mass is 35.5. The molecular weight excluding hydrogens is 302 g/mol. The summed E-state index contributed by atoms with van der Waals surface area (Å²) in [5.41, 5.74) is 1.46. The first kappa shape index (κ1) is 15.7. The third-order valence-electron chi connectivity index (χ3n) is 4.75. The minimum atomic E-state index is 0.154. The zero-order valence-corrected chi connectivity index (χ0v) is 14.2. The van der Waals surface area contributed by atoms with Gasteiger partial charge in [-0.05, 0) is 61.8 Å². The maximum atomic E-state index is 6.17. The highest BCUT2D eigenvalue weighted by molar-refractivity contribution is 7.99. The van der Waals surface area contributed by atoms with Gasteiger partial charge in [0.05, 0.1) is 5.60 Å². The van der Waals surface area contributed by atoms with Crippen LogP contribution in [0.15, 0.2) is 24.3 Å². The van der Waals surface area contributed by atoms with E-state index in [-0.39, 0.29) is 5.60 Å². The second kappa shape index (κ2) is 6.91. The average Bonchev–Trinajstić information content (AvgIpc) is 2.49. The fraction of sp³-hybridized carbons (Fsp3) is 0.647. The summed E-state index contributed by atoms with van der Waals surface area (Å²) in [6.07, 6.45) is 4.70. The van der Waals surface area contributed by atoms with Crippen molar-refractivity contribution in [2.75, 3.05) is 18.1 Å². The third-order valence-corrected chi connectivity index (χ3v) is 5.99. The second-order valence-electron chi connectivity index (χ2n) is 6.27. The van der Waals surface area contributed by atoms with E-state index in [0.717, 1.165) is 24.5 Å². The molecule has 2 aliphatic heterocycles. The lowest BCUT2D eigenvalue weighted by Gasteiger charge is -2.44. The van der Waals surface area contributed by atoms with Crippen LogP contribution in [0.3, 0.4) is 0 Å². The van der Waals surface area contributed by atoms with Crippen LogP contribution in [0.2, 0.25) is 5.02 Å². The van der Waals surface area contributed by atoms with E-state index in [9.17, 15) is 0 Å². The normalized spacial score (nSPS) is 26.7. The van der Waals surface area contributed by atoms with Crippen molar-refractivity contribution in [3.05, 3.63) is 34.9 Å². The molecule has 0 bridgehead atoms. The molecule has 1 aromatic rings. The summed E-state index contributed by atoms with van der Waals surface area (Å²) in [6, 6.07) is 9.10. The van der Waals surface area contributed by atoms with Crippen molar-refractivity contribution in [1.82, 2.24) is 5.32 Å². The van der Waals surface area contributed by atoms with E-state index in [1.165, 1.54) is 29.9 Å². The summed E-state index contributed by atoms with van der Waals surface area (Å²) >= 11 is 8.03. The molecule has 0 radical (unpaired) electrons. The lowest BCUT2D eigenvalue weighted by molar-refractivity contribution is -0.0940. The van der Waals surface area contributed by atoms with Crippen LogP contribution in [0.25, 0.3) is 0 Å². The van der Waals surface area contributed by atoms with Gasteiger partial charge in [-0.25, -0.2) is 0 Å². The van der Waals surface area contributed by atoms with Crippen molar-refractivity contribution >= 4 is 23.4 Å². The molecule has 0 saturated carbocycles. The monoisotopic (exact) mass is 325 g/mol. The van der Waals surface area contributed by atoms with Crippen molar-refractivity contribution in [2.24, 2.45) is 0 Å². The lowest BCUT2D eigenvalue weighted by Crippen LogP contribution is -2.49. The first-order chi connectivity index (χ1) is 10.2. The number of benzene rings is 1. The van der Waals surface area contributed by atoms with Crippen molar-refractivity contribution in [1.29, 1.82) is 0 Å². The van der Waals surface area contributed by atoms with Crippen LogP contribution in [0.5, 0.6) is 0 Å². The number of thioether (sulfide) groups is 1. The second-order valence-corrected chi connectivity index (χ2v) is 7.93. The van der Waals surface area contributed by atoms with Gasteiger partial charge in [-0.1, -0.05) is 23.7 Å². The Balaban J connectivity index is 1.60. The molecule has 1 spiro atoms. The Hall–Kier alpha value is -0.220. The molecule has 2 heterocycles. The van der Waals surface area contributed by atoms with Crippen LogP contribution < -0.4 is 5.32 Å². The molecule has 0 aromatic heterocycles. The topological polar surface area (TPSA) is 21.3 Å². The number of halogens is 1. The van der Waals surface area contributed by atoms with Crippen LogP contribution >= 0.6 is 23.4 Å². The van der Waals surface area contributed by atoms with E-state index in [0.29, 0.717) is 12.1 Å². The SMILES string of the molecule is C[C@H](NC1CCOC2(CCSCC2)C1)c1ccc(Cl)cc1. The van der Waals surface area contributed by atoms with E-state index in [1.54, 1.807) is 0 Å². The van der Waals surface area contributed by atoms with Crippen LogP contribution in [0.4, 0.5) is 0 Å². The standard InChI is InChI=1S/C17H24ClNOS/c1-13(14-2-4-15(18)5-3-14)19-16-6-9-20-17(12-16)7-10-21-11-8-17/h2-5,13,16,19H,6-12H2,1H3/t13-,16?/m0/s1. The summed E-state index contributed by atoms with van der Waals surface area (Å²) < 4.78 is 6.17. The van der Waals surface area contributed by atoms with Gasteiger partial charge in [0.15, 0.2) is 0 Å². The number of nitrogens with one attached hydrogen (secondary N) is 1. The maximum absolute atomic E-state index is 6.17. The van der Waals surface area contributed by atoms with Crippen LogP contribution in [0, 0.1) is 0 Å². The number of ether oxygens (including phenoxy) is 1. The van der Waals surface area contributed by atoms with Crippen molar-refractivity contribution in [3.63, 3.8) is 0 Å². The van der Waals surface area contributed by atoms with Gasteiger partial charge in [-0.3, -0.25) is 0 Å². The van der Waals surface area contributed by atoms with E-state index in [4.69, 9.17) is 16.3 Å². The number of hydrogen-bond acceptors (Lipinski definition) is 3. The van der Waals surface area contributed by atoms with Crippen LogP contribution in [0.1, 0.15) is 44.2 Å². The molecule has 2 aliphatic rings. The molecule has 4 heteroatoms. The Morgan fingerprint density at radius 3 is 2.71 bits per heavy atom. The van der Waals surface area contributed by atoms with Gasteiger partial charge in [0, 0.05) is 23.7 Å². The Morgan fingerprint density at radius 1 is 1.29 bits per heavy atom. The number of rotatable bonds is 3. The minimum absolute atomic E-state index is 0.154. The summed E-state index contributed by atoms with van der Waals surface area (Å²) in [5.74, 6) is 2.50. The molecule has 0 aliphatic carbocycles. The molecule has 1 N–H and O–H groups in total. The molecule has 0 amide bonds. The molecule has 1 unspecified atom stereocenters. The van der Waals surface area contributed by atoms with Gasteiger partial charge >= 0.3 is 0 Å². The predicted octanol–water partition coefficient (Wildman–Crippen LogP) is 4.44. The fourth-order valence-electron chi connectivity index (χ4n) is 3.46. The van der Waals surface area contributed by atoms with Gasteiger partial charge < -0.3 is 10.1 Å². The minimum Gasteiger partial charge on any atom is -0.375 e. The smallest absolute Gasteiger partial charge is 0.0713 e. The highest BCUT2D eigenvalue weighted by Gasteiger charge is 2.38. The largest absolute Gasteiger partial charge is 0.375 e. The van der Waals surface area contributed by atoms with Crippen molar-refractivity contribution < 1.29 is 4.74 Å². The Labute approximate surface area is 137 Å². The van der Waals surface area contributed by atoms with Crippen molar-refractivity contribution in [3.8, 4) is 0 Å². The molecule has 2 atom stereocenters. The van der Waals surface area contributed by atoms with Gasteiger partial charge in [0.2, 0.25) is 0 Å². The Morgan fingerprint density at radius 2 is 2.00 bits per heavy atom. The molecular formula is C17H24ClNOS. The summed E-state index contributed by atoms with van der Waals surface area (Å²) in [6.45, 7) is 3.14. The zero-order chi connectivity index (χ0) is 14.7. The predicted molar refractivity (Wildman–Crippen MR) is 91.3 cm³/mol. The summed E-state index contributed by atoms with van der Waals surface area (Å²) in [5, 5.41) is 4.60. The van der Waals surface area contributed by atoms with Gasteiger partial charge in [0.1, 0.15) is 0 Å². The maximum Gasteiger partial charge on any atom is 0.0713 e. The molecule has 1 aromatic carbocycles. The molecule has 2 nitrogen and oxygen atoms in total. The van der Waals surface area contributed by atoms with E-state index in [2.05, 4.69) is 36.1 Å². The average molecular weight is 326 g/mol. The van der Waals surface area contributed by atoms with Crippen LogP contribution in [-0.4, -0.2) is 29.8 Å². The quantitative estimate of drug-likeness (QED) is 0.888. The molecule has 2 fully saturated rings. The molecule has 2 saturated heterocycles. The molecule has 3 rings (SSSR count). The molecule has 116 valence electrons. The van der Waals surface area contributed by atoms with Crippen molar-refractivity contribution in [2.45, 2.75) is 50.3 Å². The first-order valence-corrected chi connectivity index (χ1v) is 9.43. The van der Waals surface area contributed by atoms with E-state index in [1.807, 2.05) is 12.1 Å². The van der Waals surface area contributed by atoms with Gasteiger partial charge in [0.25, 0.3) is 0 Å². The fourth-order valence-corrected chi connectivity index (χ4v) is 4.83. The molecule has 21 heavy (non-hydrogen) atoms. The summed E-state index contributed by atoms with van der Waals surface area (Å²) in [4.78, 5) is 0.